The van der Waals surface area contributed by atoms with Crippen LogP contribution in [-0.2, 0) is 0 Å². The maximum atomic E-state index is 12.5. The second kappa shape index (κ2) is 5.72. The van der Waals surface area contributed by atoms with E-state index < -0.39 is 0 Å². The number of likely N-dealkylation sites (N-methyl/N-ethyl adjacent to an activating group) is 1. The summed E-state index contributed by atoms with van der Waals surface area (Å²) in [6, 6.07) is 7.48. The SMILES string of the molecule is Cc1cc(Br)cc(C(=O)N2CCN(C)CC2C#N)c1. The van der Waals surface area contributed by atoms with Crippen molar-refractivity contribution in [2.75, 3.05) is 26.7 Å². The number of aryl methyl sites for hydroxylation is 1. The number of benzene rings is 1. The Balaban J connectivity index is 2.25. The molecule has 1 amide bonds. The van der Waals surface area contributed by atoms with E-state index in [0.717, 1.165) is 16.6 Å². The van der Waals surface area contributed by atoms with Gasteiger partial charge in [0.05, 0.1) is 6.07 Å². The van der Waals surface area contributed by atoms with E-state index in [2.05, 4.69) is 26.9 Å². The Bertz CT molecular complexity index is 518. The van der Waals surface area contributed by atoms with Crippen LogP contribution in [0.2, 0.25) is 0 Å². The number of rotatable bonds is 1. The number of hydrogen-bond acceptors (Lipinski definition) is 3. The van der Waals surface area contributed by atoms with E-state index in [9.17, 15) is 10.1 Å². The summed E-state index contributed by atoms with van der Waals surface area (Å²) in [6.45, 7) is 3.96. The normalized spacial score (nSPS) is 20.1. The largest absolute Gasteiger partial charge is 0.320 e. The fourth-order valence-electron chi connectivity index (χ4n) is 2.30. The van der Waals surface area contributed by atoms with Crippen LogP contribution < -0.4 is 0 Å². The Kier molecular flexibility index (Phi) is 4.23. The molecule has 1 aliphatic heterocycles. The van der Waals surface area contributed by atoms with Gasteiger partial charge in [-0.05, 0) is 37.7 Å². The molecule has 5 heteroatoms. The average molecular weight is 322 g/mol. The van der Waals surface area contributed by atoms with Crippen LogP contribution in [0.3, 0.4) is 0 Å². The third-order valence-electron chi connectivity index (χ3n) is 3.28. The summed E-state index contributed by atoms with van der Waals surface area (Å²) in [5.41, 5.74) is 1.66. The average Bonchev–Trinajstić information content (AvgIpc) is 2.36. The van der Waals surface area contributed by atoms with Gasteiger partial charge in [0.1, 0.15) is 6.04 Å². The highest BCUT2D eigenvalue weighted by atomic mass is 79.9. The molecule has 1 atom stereocenters. The van der Waals surface area contributed by atoms with Crippen molar-refractivity contribution in [1.82, 2.24) is 9.80 Å². The zero-order valence-electron chi connectivity index (χ0n) is 11.1. The molecule has 1 aliphatic rings. The lowest BCUT2D eigenvalue weighted by molar-refractivity contribution is 0.0585. The lowest BCUT2D eigenvalue weighted by Gasteiger charge is -2.36. The molecular weight excluding hydrogens is 306 g/mol. The van der Waals surface area contributed by atoms with Crippen molar-refractivity contribution in [2.45, 2.75) is 13.0 Å². The first-order valence-corrected chi connectivity index (χ1v) is 6.97. The van der Waals surface area contributed by atoms with Gasteiger partial charge < -0.3 is 9.80 Å². The van der Waals surface area contributed by atoms with Gasteiger partial charge in [0, 0.05) is 29.7 Å². The summed E-state index contributed by atoms with van der Waals surface area (Å²) >= 11 is 3.40. The van der Waals surface area contributed by atoms with Crippen LogP contribution >= 0.6 is 15.9 Å². The molecule has 1 heterocycles. The van der Waals surface area contributed by atoms with Crippen LogP contribution in [0, 0.1) is 18.3 Å². The highest BCUT2D eigenvalue weighted by Gasteiger charge is 2.29. The van der Waals surface area contributed by atoms with Crippen LogP contribution in [0.15, 0.2) is 22.7 Å². The van der Waals surface area contributed by atoms with Crippen LogP contribution in [0.5, 0.6) is 0 Å². The van der Waals surface area contributed by atoms with Crippen molar-refractivity contribution in [1.29, 1.82) is 5.26 Å². The number of carbonyl (C=O) groups is 1. The third kappa shape index (κ3) is 3.14. The highest BCUT2D eigenvalue weighted by molar-refractivity contribution is 9.10. The molecule has 0 bridgehead atoms. The molecule has 1 aromatic rings. The van der Waals surface area contributed by atoms with Crippen molar-refractivity contribution >= 4 is 21.8 Å². The molecule has 1 aromatic carbocycles. The number of carbonyl (C=O) groups excluding carboxylic acids is 1. The quantitative estimate of drug-likeness (QED) is 0.795. The van der Waals surface area contributed by atoms with Gasteiger partial charge in [0.15, 0.2) is 0 Å². The van der Waals surface area contributed by atoms with Gasteiger partial charge in [-0.2, -0.15) is 5.26 Å². The van der Waals surface area contributed by atoms with Gasteiger partial charge in [-0.25, -0.2) is 0 Å². The second-order valence-corrected chi connectivity index (χ2v) is 5.84. The molecule has 0 saturated carbocycles. The fraction of sp³-hybridized carbons (Fsp3) is 0.429. The number of nitriles is 1. The molecule has 100 valence electrons. The molecule has 2 rings (SSSR count). The van der Waals surface area contributed by atoms with E-state index in [1.54, 1.807) is 4.90 Å². The summed E-state index contributed by atoms with van der Waals surface area (Å²) in [5.74, 6) is -0.0657. The molecule has 0 N–H and O–H groups in total. The summed E-state index contributed by atoms with van der Waals surface area (Å²) in [5, 5.41) is 9.20. The minimum absolute atomic E-state index is 0.0657. The van der Waals surface area contributed by atoms with E-state index in [4.69, 9.17) is 0 Å². The van der Waals surface area contributed by atoms with Gasteiger partial charge in [-0.1, -0.05) is 15.9 Å². The van der Waals surface area contributed by atoms with Crippen LogP contribution in [-0.4, -0.2) is 48.4 Å². The van der Waals surface area contributed by atoms with Gasteiger partial charge in [-0.15, -0.1) is 0 Å². The van der Waals surface area contributed by atoms with Gasteiger partial charge >= 0.3 is 0 Å². The van der Waals surface area contributed by atoms with E-state index in [1.807, 2.05) is 32.2 Å². The van der Waals surface area contributed by atoms with Crippen molar-refractivity contribution in [3.8, 4) is 6.07 Å². The topological polar surface area (TPSA) is 47.3 Å². The molecular formula is C14H16BrN3O. The van der Waals surface area contributed by atoms with E-state index >= 15 is 0 Å². The summed E-state index contributed by atoms with van der Waals surface area (Å²) in [7, 11) is 1.97. The maximum Gasteiger partial charge on any atom is 0.255 e. The Hall–Kier alpha value is -1.38. The maximum absolute atomic E-state index is 12.5. The Morgan fingerprint density at radius 1 is 1.42 bits per heavy atom. The summed E-state index contributed by atoms with van der Waals surface area (Å²) in [6.07, 6.45) is 0. The number of hydrogen-bond donors (Lipinski definition) is 0. The lowest BCUT2D eigenvalue weighted by Crippen LogP contribution is -2.53. The Labute approximate surface area is 121 Å². The van der Waals surface area contributed by atoms with Crippen LogP contribution in [0.1, 0.15) is 15.9 Å². The first kappa shape index (κ1) is 14.0. The molecule has 1 fully saturated rings. The van der Waals surface area contributed by atoms with E-state index in [0.29, 0.717) is 18.7 Å². The highest BCUT2D eigenvalue weighted by Crippen LogP contribution is 2.19. The van der Waals surface area contributed by atoms with Crippen molar-refractivity contribution in [2.24, 2.45) is 0 Å². The number of nitrogens with zero attached hydrogens (tertiary/aromatic N) is 3. The monoisotopic (exact) mass is 321 g/mol. The minimum Gasteiger partial charge on any atom is -0.320 e. The number of piperazine rings is 1. The zero-order chi connectivity index (χ0) is 14.0. The summed E-state index contributed by atoms with van der Waals surface area (Å²) < 4.78 is 0.887. The summed E-state index contributed by atoms with van der Waals surface area (Å²) in [4.78, 5) is 16.3. The first-order chi connectivity index (χ1) is 9.01. The van der Waals surface area contributed by atoms with Crippen LogP contribution in [0.4, 0.5) is 0 Å². The molecule has 19 heavy (non-hydrogen) atoms. The molecule has 0 radical (unpaired) electrons. The molecule has 0 aliphatic carbocycles. The molecule has 1 saturated heterocycles. The smallest absolute Gasteiger partial charge is 0.255 e. The number of halogens is 1. The van der Waals surface area contributed by atoms with Crippen molar-refractivity contribution < 1.29 is 4.79 Å². The molecule has 0 spiro atoms. The molecule has 0 aromatic heterocycles. The second-order valence-electron chi connectivity index (χ2n) is 4.92. The third-order valence-corrected chi connectivity index (χ3v) is 3.74. The predicted molar refractivity (Wildman–Crippen MR) is 76.8 cm³/mol. The standard InChI is InChI=1S/C14H16BrN3O/c1-10-5-11(7-12(15)6-10)14(19)18-4-3-17(2)9-13(18)8-16/h5-7,13H,3-4,9H2,1-2H3. The fourth-order valence-corrected chi connectivity index (χ4v) is 2.91. The first-order valence-electron chi connectivity index (χ1n) is 6.17. The molecule has 1 unspecified atom stereocenters. The van der Waals surface area contributed by atoms with Crippen LogP contribution in [0.25, 0.3) is 0 Å². The Morgan fingerprint density at radius 2 is 2.16 bits per heavy atom. The predicted octanol–water partition coefficient (Wildman–Crippen LogP) is 2.04. The van der Waals surface area contributed by atoms with Gasteiger partial charge in [0.25, 0.3) is 5.91 Å². The van der Waals surface area contributed by atoms with Gasteiger partial charge in [0.2, 0.25) is 0 Å². The van der Waals surface area contributed by atoms with E-state index in [-0.39, 0.29) is 11.9 Å². The Morgan fingerprint density at radius 3 is 2.79 bits per heavy atom. The minimum atomic E-state index is -0.370. The number of amides is 1. The lowest BCUT2D eigenvalue weighted by atomic mass is 10.1. The van der Waals surface area contributed by atoms with E-state index in [1.165, 1.54) is 0 Å². The zero-order valence-corrected chi connectivity index (χ0v) is 12.6. The van der Waals surface area contributed by atoms with Crippen molar-refractivity contribution in [3.63, 3.8) is 0 Å². The van der Waals surface area contributed by atoms with Gasteiger partial charge in [-0.3, -0.25) is 4.79 Å². The molecule has 4 nitrogen and oxygen atoms in total. The van der Waals surface area contributed by atoms with Crippen molar-refractivity contribution in [3.05, 3.63) is 33.8 Å².